The van der Waals surface area contributed by atoms with Gasteiger partial charge in [0.1, 0.15) is 0 Å². The first-order valence-corrected chi connectivity index (χ1v) is 10.5. The van der Waals surface area contributed by atoms with Crippen LogP contribution in [0.1, 0.15) is 24.8 Å². The van der Waals surface area contributed by atoms with Gasteiger partial charge < -0.3 is 19.4 Å². The standard InChI is InChI=1S/C22H33N3O2/c1-23-10-12-24(13-11-23)16-20-15-22(27-17-20)8-5-9-25(18-22)21(26)14-19-6-3-2-4-7-19/h2-4,6-7,20H,5,8-18H2,1H3/t20-,22+/m0/s1. The average molecular weight is 372 g/mol. The Bertz CT molecular complexity index is 630. The molecule has 1 aromatic carbocycles. The van der Waals surface area contributed by atoms with Gasteiger partial charge in [-0.3, -0.25) is 4.79 Å². The molecule has 5 nitrogen and oxygen atoms in total. The van der Waals surface area contributed by atoms with E-state index in [-0.39, 0.29) is 11.5 Å². The predicted octanol–water partition coefficient (Wildman–Crippen LogP) is 1.87. The van der Waals surface area contributed by atoms with E-state index in [1.807, 2.05) is 30.3 Å². The maximum Gasteiger partial charge on any atom is 0.227 e. The summed E-state index contributed by atoms with van der Waals surface area (Å²) in [7, 11) is 2.20. The van der Waals surface area contributed by atoms with Gasteiger partial charge in [0.25, 0.3) is 0 Å². The smallest absolute Gasteiger partial charge is 0.227 e. The van der Waals surface area contributed by atoms with E-state index in [1.54, 1.807) is 0 Å². The van der Waals surface area contributed by atoms with Crippen LogP contribution in [0.5, 0.6) is 0 Å². The van der Waals surface area contributed by atoms with Crippen LogP contribution >= 0.6 is 0 Å². The van der Waals surface area contributed by atoms with E-state index in [0.29, 0.717) is 12.3 Å². The molecule has 1 amide bonds. The molecule has 27 heavy (non-hydrogen) atoms. The van der Waals surface area contributed by atoms with Crippen molar-refractivity contribution in [2.75, 3.05) is 59.5 Å². The van der Waals surface area contributed by atoms with Crippen molar-refractivity contribution in [1.82, 2.24) is 14.7 Å². The summed E-state index contributed by atoms with van der Waals surface area (Å²) in [4.78, 5) is 19.8. The van der Waals surface area contributed by atoms with Crippen LogP contribution < -0.4 is 0 Å². The molecule has 2 atom stereocenters. The largest absolute Gasteiger partial charge is 0.373 e. The van der Waals surface area contributed by atoms with Crippen LogP contribution in [0.3, 0.4) is 0 Å². The SMILES string of the molecule is CN1CCN(C[C@H]2CO[C@]3(CCCN(C(=O)Cc4ccccc4)C3)C2)CC1. The molecular formula is C22H33N3O2. The van der Waals surface area contributed by atoms with E-state index in [1.165, 1.54) is 26.2 Å². The number of piperidine rings is 1. The predicted molar refractivity (Wildman–Crippen MR) is 107 cm³/mol. The number of carbonyl (C=O) groups is 1. The van der Waals surface area contributed by atoms with E-state index >= 15 is 0 Å². The van der Waals surface area contributed by atoms with Crippen LogP contribution in [0, 0.1) is 5.92 Å². The third-order valence-corrected chi connectivity index (χ3v) is 6.49. The molecule has 4 rings (SSSR count). The molecule has 3 fully saturated rings. The zero-order chi connectivity index (χ0) is 18.7. The minimum atomic E-state index is -0.0954. The topological polar surface area (TPSA) is 36.0 Å². The summed E-state index contributed by atoms with van der Waals surface area (Å²) in [5.74, 6) is 0.851. The monoisotopic (exact) mass is 371 g/mol. The molecule has 3 aliphatic rings. The van der Waals surface area contributed by atoms with Crippen molar-refractivity contribution in [3.8, 4) is 0 Å². The number of rotatable bonds is 4. The maximum atomic E-state index is 12.8. The van der Waals surface area contributed by atoms with Crippen molar-refractivity contribution in [3.63, 3.8) is 0 Å². The van der Waals surface area contributed by atoms with Crippen molar-refractivity contribution in [1.29, 1.82) is 0 Å². The molecule has 3 saturated heterocycles. The van der Waals surface area contributed by atoms with E-state index in [0.717, 1.165) is 51.1 Å². The van der Waals surface area contributed by atoms with E-state index in [2.05, 4.69) is 21.7 Å². The number of hydrogen-bond donors (Lipinski definition) is 0. The first kappa shape index (κ1) is 18.9. The lowest BCUT2D eigenvalue weighted by Crippen LogP contribution is -2.50. The Hall–Kier alpha value is -1.43. The first-order chi connectivity index (χ1) is 13.1. The lowest BCUT2D eigenvalue weighted by molar-refractivity contribution is -0.138. The second-order valence-electron chi connectivity index (χ2n) is 8.75. The van der Waals surface area contributed by atoms with Crippen molar-refractivity contribution < 1.29 is 9.53 Å². The Morgan fingerprint density at radius 3 is 2.70 bits per heavy atom. The number of benzene rings is 1. The average Bonchev–Trinajstić information content (AvgIpc) is 3.06. The molecule has 148 valence electrons. The van der Waals surface area contributed by atoms with E-state index in [9.17, 15) is 4.79 Å². The van der Waals surface area contributed by atoms with Crippen LogP contribution in [-0.2, 0) is 16.0 Å². The number of ether oxygens (including phenoxy) is 1. The fraction of sp³-hybridized carbons (Fsp3) is 0.682. The highest BCUT2D eigenvalue weighted by atomic mass is 16.5. The third kappa shape index (κ3) is 4.71. The second-order valence-corrected chi connectivity index (χ2v) is 8.75. The molecule has 1 spiro atoms. The summed E-state index contributed by atoms with van der Waals surface area (Å²) >= 11 is 0. The summed E-state index contributed by atoms with van der Waals surface area (Å²) in [6, 6.07) is 10.1. The first-order valence-electron chi connectivity index (χ1n) is 10.5. The number of hydrogen-bond acceptors (Lipinski definition) is 4. The fourth-order valence-corrected chi connectivity index (χ4v) is 4.93. The summed E-state index contributed by atoms with van der Waals surface area (Å²) in [6.45, 7) is 8.32. The van der Waals surface area contributed by atoms with Gasteiger partial charge in [-0.1, -0.05) is 30.3 Å². The molecule has 0 aliphatic carbocycles. The molecular weight excluding hydrogens is 338 g/mol. The van der Waals surface area contributed by atoms with Crippen LogP contribution in [0.4, 0.5) is 0 Å². The molecule has 0 aromatic heterocycles. The van der Waals surface area contributed by atoms with Crippen LogP contribution in [0.15, 0.2) is 30.3 Å². The maximum absolute atomic E-state index is 12.8. The highest BCUT2D eigenvalue weighted by Crippen LogP contribution is 2.38. The summed E-state index contributed by atoms with van der Waals surface area (Å²) in [5, 5.41) is 0. The van der Waals surface area contributed by atoms with Gasteiger partial charge in [-0.05, 0) is 37.8 Å². The van der Waals surface area contributed by atoms with Crippen molar-refractivity contribution >= 4 is 5.91 Å². The molecule has 3 aliphatic heterocycles. The lowest BCUT2D eigenvalue weighted by atomic mass is 9.86. The zero-order valence-corrected chi connectivity index (χ0v) is 16.6. The molecule has 3 heterocycles. The number of nitrogens with zero attached hydrogens (tertiary/aromatic N) is 3. The fourth-order valence-electron chi connectivity index (χ4n) is 4.93. The van der Waals surface area contributed by atoms with Crippen LogP contribution in [-0.4, -0.2) is 85.7 Å². The van der Waals surface area contributed by atoms with Gasteiger partial charge in [0.15, 0.2) is 0 Å². The highest BCUT2D eigenvalue weighted by molar-refractivity contribution is 5.79. The van der Waals surface area contributed by atoms with Gasteiger partial charge in [-0.15, -0.1) is 0 Å². The molecule has 0 bridgehead atoms. The summed E-state index contributed by atoms with van der Waals surface area (Å²) in [6.07, 6.45) is 3.76. The number of likely N-dealkylation sites (N-methyl/N-ethyl adjacent to an activating group) is 1. The molecule has 0 N–H and O–H groups in total. The number of amides is 1. The third-order valence-electron chi connectivity index (χ3n) is 6.49. The van der Waals surface area contributed by atoms with Gasteiger partial charge in [0.05, 0.1) is 18.6 Å². The van der Waals surface area contributed by atoms with Gasteiger partial charge in [-0.25, -0.2) is 0 Å². The molecule has 0 radical (unpaired) electrons. The Labute approximate surface area is 163 Å². The number of carbonyl (C=O) groups excluding carboxylic acids is 1. The van der Waals surface area contributed by atoms with E-state index in [4.69, 9.17) is 4.74 Å². The minimum absolute atomic E-state index is 0.0954. The zero-order valence-electron chi connectivity index (χ0n) is 16.6. The Balaban J connectivity index is 1.30. The van der Waals surface area contributed by atoms with Crippen molar-refractivity contribution in [2.24, 2.45) is 5.92 Å². The Morgan fingerprint density at radius 2 is 1.93 bits per heavy atom. The van der Waals surface area contributed by atoms with Crippen molar-refractivity contribution in [2.45, 2.75) is 31.3 Å². The normalized spacial score (nSPS) is 30.1. The van der Waals surface area contributed by atoms with Gasteiger partial charge in [0.2, 0.25) is 5.91 Å². The Morgan fingerprint density at radius 1 is 1.15 bits per heavy atom. The molecule has 5 heteroatoms. The van der Waals surface area contributed by atoms with Gasteiger partial charge in [-0.2, -0.15) is 0 Å². The minimum Gasteiger partial charge on any atom is -0.373 e. The van der Waals surface area contributed by atoms with Gasteiger partial charge in [0, 0.05) is 45.8 Å². The molecule has 0 saturated carbocycles. The quantitative estimate of drug-likeness (QED) is 0.810. The van der Waals surface area contributed by atoms with E-state index < -0.39 is 0 Å². The van der Waals surface area contributed by atoms with Crippen LogP contribution in [0.2, 0.25) is 0 Å². The molecule has 1 aromatic rings. The molecule has 0 unspecified atom stereocenters. The van der Waals surface area contributed by atoms with Gasteiger partial charge >= 0.3 is 0 Å². The number of likely N-dealkylation sites (tertiary alicyclic amines) is 1. The van der Waals surface area contributed by atoms with Crippen molar-refractivity contribution in [3.05, 3.63) is 35.9 Å². The van der Waals surface area contributed by atoms with Crippen LogP contribution in [0.25, 0.3) is 0 Å². The lowest BCUT2D eigenvalue weighted by Gasteiger charge is -2.40. The number of piperazine rings is 1. The second kappa shape index (κ2) is 8.29. The summed E-state index contributed by atoms with van der Waals surface area (Å²) < 4.78 is 6.36. The summed E-state index contributed by atoms with van der Waals surface area (Å²) in [5.41, 5.74) is 1.00. The highest BCUT2D eigenvalue weighted by Gasteiger charge is 2.44. The Kier molecular flexibility index (Phi) is 5.81.